The van der Waals surface area contributed by atoms with E-state index in [0.29, 0.717) is 0 Å². The van der Waals surface area contributed by atoms with Crippen molar-refractivity contribution in [2.45, 2.75) is 0 Å². The van der Waals surface area contributed by atoms with Crippen LogP contribution in [0.3, 0.4) is 0 Å². The highest BCUT2D eigenvalue weighted by Gasteiger charge is 1.66. The quantitative estimate of drug-likeness (QED) is 0.321. The van der Waals surface area contributed by atoms with E-state index >= 15 is 0 Å². The average Bonchev–Trinajstić information content (AvgIpc) is 3.59. The molecule has 0 rings (SSSR count). The van der Waals surface area contributed by atoms with Crippen LogP contribution in [0.1, 0.15) is 0 Å². The second-order valence-electron chi connectivity index (χ2n) is 11.5. The number of rotatable bonds is 0. The van der Waals surface area contributed by atoms with Crippen molar-refractivity contribution in [2.75, 3.05) is 0 Å². The Labute approximate surface area is 553 Å². The van der Waals surface area contributed by atoms with Crippen LogP contribution >= 0.6 is 0 Å². The fraction of sp³-hybridized carbons (Fsp3) is 0. The summed E-state index contributed by atoms with van der Waals surface area (Å²) in [5, 5.41) is 8.22. The van der Waals surface area contributed by atoms with E-state index in [0.717, 1.165) is 0 Å². The normalized spacial score (nSPS) is 3.94. The van der Waals surface area contributed by atoms with Gasteiger partial charge in [0.1, 0.15) is 0 Å². The molecular weight excluding hydrogens is 1130 g/mol. The third-order valence-electron chi connectivity index (χ3n) is 5.69. The van der Waals surface area contributed by atoms with Gasteiger partial charge in [-0.2, -0.15) is 5.26 Å². The van der Waals surface area contributed by atoms with E-state index in [2.05, 4.69) is 539 Å². The van der Waals surface area contributed by atoms with Gasteiger partial charge in [-0.15, -0.1) is 6.42 Å². The molecule has 1 nitrogen and oxygen atoms in total. The van der Waals surface area contributed by atoms with Gasteiger partial charge < -0.3 is 0 Å². The fourth-order valence-corrected chi connectivity index (χ4v) is 2.81. The van der Waals surface area contributed by atoms with Crippen LogP contribution in [0.25, 0.3) is 0 Å². The van der Waals surface area contributed by atoms with Gasteiger partial charge in [0.15, 0.2) is 6.07 Å². The van der Waals surface area contributed by atoms with Gasteiger partial charge in [0, 0.05) is 491 Å². The number of hydrogen-bond acceptors (Lipinski definition) is 1. The summed E-state index contributed by atoms with van der Waals surface area (Å²) in [5.41, 5.74) is 0. The third-order valence-corrected chi connectivity index (χ3v) is 5.69. The maximum atomic E-state index is 8.22. The minimum Gasteiger partial charge on any atom is -0.183 e. The molecule has 0 spiro atoms. The van der Waals surface area contributed by atoms with E-state index in [9.17, 15) is 0 Å². The molecule has 0 unspecified atom stereocenters. The Kier molecular flexibility index (Phi) is 56.3. The first-order valence-corrected chi connectivity index (χ1v) is 23.3. The minimum atomic E-state index is 1.62. The Morgan fingerprint density at radius 3 is 0.191 bits per heavy atom. The van der Waals surface area contributed by atoms with Crippen LogP contribution in [0.15, 0.2) is 0 Å². The van der Waals surface area contributed by atoms with Crippen LogP contribution in [0, 0.1) is 557 Å². The van der Waals surface area contributed by atoms with Crippen LogP contribution in [-0.4, -0.2) is 0 Å². The van der Waals surface area contributed by atoms with Crippen LogP contribution in [0.2, 0.25) is 0 Å². The van der Waals surface area contributed by atoms with Crippen LogP contribution in [0.5, 0.6) is 0 Å². The van der Waals surface area contributed by atoms with Crippen molar-refractivity contribution in [3.05, 3.63) is 0 Å². The average molecular weight is 1130 g/mol. The Morgan fingerprint density at radius 1 is 0.0851 bits per heavy atom. The summed E-state index contributed by atoms with van der Waals surface area (Å²) in [5.74, 6) is 225. The van der Waals surface area contributed by atoms with Crippen molar-refractivity contribution in [1.29, 1.82) is 5.26 Å². The summed E-state index contributed by atoms with van der Waals surface area (Å²) in [4.78, 5) is 0. The number of nitrogens with zero attached hydrogens (tertiary/aromatic N) is 1. The lowest BCUT2D eigenvalue weighted by molar-refractivity contribution is 1.55. The molecule has 0 amide bonds. The van der Waals surface area contributed by atoms with E-state index in [1.807, 2.05) is 0 Å². The largest absolute Gasteiger partial charge is 0.183 e. The first-order chi connectivity index (χ1) is 46.9. The van der Waals surface area contributed by atoms with Crippen LogP contribution in [0.4, 0.5) is 0 Å². The molecule has 0 heterocycles. The van der Waals surface area contributed by atoms with Crippen molar-refractivity contribution in [1.82, 2.24) is 0 Å². The van der Waals surface area contributed by atoms with E-state index < -0.39 is 0 Å². The highest BCUT2D eigenvalue weighted by atomic mass is 14.2. The molecule has 0 radical (unpaired) electrons. The van der Waals surface area contributed by atoms with E-state index in [1.54, 1.807) is 6.07 Å². The van der Waals surface area contributed by atoms with Crippen molar-refractivity contribution in [3.8, 4) is 551 Å². The minimum absolute atomic E-state index is 1.62. The molecule has 0 aromatic carbocycles. The predicted molar refractivity (Wildman–Crippen MR) is 364 cm³/mol. The fourth-order valence-electron chi connectivity index (χ4n) is 2.81. The second-order valence-corrected chi connectivity index (χ2v) is 11.5. The summed E-state index contributed by atoms with van der Waals surface area (Å²) in [7, 11) is 0. The Hall–Kier alpha value is -20.7. The van der Waals surface area contributed by atoms with Gasteiger partial charge in [0.25, 0.3) is 0 Å². The summed E-state index contributed by atoms with van der Waals surface area (Å²) < 4.78 is 0. The second kappa shape index (κ2) is 72.2. The maximum absolute atomic E-state index is 8.22. The number of nitriles is 1. The molecule has 0 aliphatic carbocycles. The molecule has 0 atom stereocenters. The molecule has 1 heteroatoms. The summed E-state index contributed by atoms with van der Waals surface area (Å²) in [6.07, 6.45) is 4.95. The third kappa shape index (κ3) is 71.2. The smallest absolute Gasteiger partial charge is 0.153 e. The first-order valence-electron chi connectivity index (χ1n) is 23.3. The molecule has 378 valence electrons. The lowest BCUT2D eigenvalue weighted by Gasteiger charge is -1.58. The summed E-state index contributed by atoms with van der Waals surface area (Å²) in [6, 6.07) is 1.62. The highest BCUT2D eigenvalue weighted by molar-refractivity contribution is 5.55. The molecular formula is C93HN. The van der Waals surface area contributed by atoms with E-state index in [4.69, 9.17) is 11.7 Å². The summed E-state index contributed by atoms with van der Waals surface area (Å²) >= 11 is 0. The van der Waals surface area contributed by atoms with Crippen molar-refractivity contribution in [3.63, 3.8) is 0 Å². The van der Waals surface area contributed by atoms with Crippen LogP contribution in [-0.2, 0) is 0 Å². The Bertz CT molecular complexity index is 6190. The van der Waals surface area contributed by atoms with Gasteiger partial charge in [0.2, 0.25) is 0 Å². The molecule has 0 fully saturated rings. The molecule has 0 bridgehead atoms. The van der Waals surface area contributed by atoms with Gasteiger partial charge in [-0.05, 0) is 47.4 Å². The zero-order chi connectivity index (χ0) is 67.1. The van der Waals surface area contributed by atoms with Gasteiger partial charge in [-0.1, -0.05) is 0 Å². The molecule has 0 saturated heterocycles. The molecule has 0 N–H and O–H groups in total. The van der Waals surface area contributed by atoms with E-state index in [1.165, 1.54) is 0 Å². The van der Waals surface area contributed by atoms with Gasteiger partial charge >= 0.3 is 0 Å². The maximum Gasteiger partial charge on any atom is 0.153 e. The van der Waals surface area contributed by atoms with Gasteiger partial charge in [0.05, 0.1) is 0 Å². The zero-order valence-electron chi connectivity index (χ0n) is 47.0. The molecule has 0 aromatic rings. The van der Waals surface area contributed by atoms with Crippen molar-refractivity contribution >= 4 is 0 Å². The summed E-state index contributed by atoms with van der Waals surface area (Å²) in [6.45, 7) is 0. The highest BCUT2D eigenvalue weighted by Crippen LogP contribution is 1.66. The lowest BCUT2D eigenvalue weighted by Crippen LogP contribution is -1.57. The molecule has 0 aromatic heterocycles. The van der Waals surface area contributed by atoms with Crippen molar-refractivity contribution in [2.24, 2.45) is 0 Å². The molecule has 94 heavy (non-hydrogen) atoms. The number of terminal acetylenes is 1. The molecule has 0 aliphatic heterocycles. The SMILES string of the molecule is C#CC#CC#CC#CC#CC#CC#CC#CC#CC#CC#CC#CC#CC#CC#CC#CC#CC#CC#CC#CC#CC#CC#CC#CC#CC#CC#CC#CC#CC#CC#CC#CC#CC#CC#CC#CC#CC#CC#CC#CC#CC#CC#CC#CC#CC#CC#N. The topological polar surface area (TPSA) is 23.8 Å². The van der Waals surface area contributed by atoms with Crippen LogP contribution < -0.4 is 0 Å². The monoisotopic (exact) mass is 1130 g/mol. The number of hydrogen-bond donors (Lipinski definition) is 0. The predicted octanol–water partition coefficient (Wildman–Crippen LogP) is 0.296. The molecule has 0 saturated carbocycles. The van der Waals surface area contributed by atoms with Gasteiger partial charge in [-0.25, -0.2) is 0 Å². The zero-order valence-corrected chi connectivity index (χ0v) is 47.0. The standard InChI is InChI=1S/C93HN/c1-2-3-4-5-6-7-8-9-10-11-12-13-14-15-16-17-18-19-20-21-22-23-24-25-26-27-28-29-30-31-32-33-34-35-36-37-38-39-40-41-42-43-44-45-46-47-48-49-50-51-52-53-54-55-56-57-58-59-60-61-62-63-64-65-66-67-68-69-70-71-72-73-74-75-76-77-78-79-80-81-82-83-84-85-86-87-88-89-90-91-92-93-94/h1H. The van der Waals surface area contributed by atoms with Gasteiger partial charge in [-0.3, -0.25) is 0 Å². The molecule has 0 aliphatic rings. The van der Waals surface area contributed by atoms with E-state index in [-0.39, 0.29) is 0 Å². The first kappa shape index (κ1) is 73.2. The Balaban J connectivity index is 4.63. The van der Waals surface area contributed by atoms with Crippen molar-refractivity contribution < 1.29 is 0 Å². The Morgan fingerprint density at radius 2 is 0.138 bits per heavy atom. The lowest BCUT2D eigenvalue weighted by atomic mass is 10.4.